The Labute approximate surface area is 169 Å². The van der Waals surface area contributed by atoms with E-state index in [-0.39, 0.29) is 16.3 Å². The lowest BCUT2D eigenvalue weighted by atomic mass is 10.1. The number of hydrogen-bond donors (Lipinski definition) is 0. The molecule has 148 valence electrons. The molecule has 1 saturated heterocycles. The van der Waals surface area contributed by atoms with Crippen molar-refractivity contribution >= 4 is 29.0 Å². The fourth-order valence-corrected chi connectivity index (χ4v) is 3.28. The molecule has 1 aliphatic rings. The highest BCUT2D eigenvalue weighted by Gasteiger charge is 2.28. The zero-order valence-corrected chi connectivity index (χ0v) is 15.8. The molecule has 1 aromatic carbocycles. The minimum absolute atomic E-state index is 0.00791. The molecule has 4 rings (SSSR count). The second-order valence-electron chi connectivity index (χ2n) is 6.27. The van der Waals surface area contributed by atoms with Gasteiger partial charge in [0.2, 0.25) is 0 Å². The quantitative estimate of drug-likeness (QED) is 0.465. The summed E-state index contributed by atoms with van der Waals surface area (Å²) in [4.78, 5) is 39.5. The van der Waals surface area contributed by atoms with Gasteiger partial charge in [-0.25, -0.2) is 19.6 Å². The highest BCUT2D eigenvalue weighted by molar-refractivity contribution is 6.31. The van der Waals surface area contributed by atoms with Gasteiger partial charge in [0.05, 0.1) is 4.92 Å². The third-order valence-corrected chi connectivity index (χ3v) is 4.80. The van der Waals surface area contributed by atoms with E-state index in [2.05, 4.69) is 20.1 Å². The van der Waals surface area contributed by atoms with Gasteiger partial charge in [-0.1, -0.05) is 11.6 Å². The summed E-state index contributed by atoms with van der Waals surface area (Å²) in [5.74, 6) is 0.872. The Balaban J connectivity index is 1.48. The van der Waals surface area contributed by atoms with Crippen LogP contribution in [0.3, 0.4) is 0 Å². The Hall–Kier alpha value is -3.60. The Bertz CT molecular complexity index is 1050. The lowest BCUT2D eigenvalue weighted by molar-refractivity contribution is -0.385. The van der Waals surface area contributed by atoms with Crippen LogP contribution in [0.15, 0.2) is 43.2 Å². The van der Waals surface area contributed by atoms with Crippen LogP contribution in [0.1, 0.15) is 10.4 Å². The number of piperazine rings is 1. The Morgan fingerprint density at radius 1 is 1.07 bits per heavy atom. The second kappa shape index (κ2) is 7.80. The van der Waals surface area contributed by atoms with Crippen LogP contribution in [0.5, 0.6) is 0 Å². The molecule has 2 aromatic heterocycles. The summed E-state index contributed by atoms with van der Waals surface area (Å²) < 4.78 is 1.53. The van der Waals surface area contributed by atoms with Crippen LogP contribution in [0, 0.1) is 10.1 Å². The Morgan fingerprint density at radius 3 is 2.52 bits per heavy atom. The van der Waals surface area contributed by atoms with Gasteiger partial charge in [0, 0.05) is 43.3 Å². The fraction of sp³-hybridized carbons (Fsp3) is 0.235. The van der Waals surface area contributed by atoms with Crippen molar-refractivity contribution in [3.63, 3.8) is 0 Å². The zero-order chi connectivity index (χ0) is 20.4. The maximum Gasteiger partial charge on any atom is 0.282 e. The summed E-state index contributed by atoms with van der Waals surface area (Å²) in [5, 5.41) is 15.6. The van der Waals surface area contributed by atoms with E-state index in [4.69, 9.17) is 11.6 Å². The van der Waals surface area contributed by atoms with Crippen LogP contribution in [0.2, 0.25) is 5.02 Å². The first kappa shape index (κ1) is 18.7. The van der Waals surface area contributed by atoms with Gasteiger partial charge in [-0.05, 0) is 12.1 Å². The van der Waals surface area contributed by atoms with Crippen LogP contribution in [0.25, 0.3) is 5.82 Å². The first-order valence-corrected chi connectivity index (χ1v) is 9.06. The topological polar surface area (TPSA) is 123 Å². The van der Waals surface area contributed by atoms with Crippen molar-refractivity contribution in [1.82, 2.24) is 29.6 Å². The fourth-order valence-electron chi connectivity index (χ4n) is 3.11. The summed E-state index contributed by atoms with van der Waals surface area (Å²) in [6, 6.07) is 5.77. The largest absolute Gasteiger partial charge is 0.353 e. The van der Waals surface area contributed by atoms with Gasteiger partial charge in [-0.2, -0.15) is 5.10 Å². The summed E-state index contributed by atoms with van der Waals surface area (Å²) in [6.07, 6.45) is 4.40. The monoisotopic (exact) mass is 414 g/mol. The molecular weight excluding hydrogens is 400 g/mol. The highest BCUT2D eigenvalue weighted by Crippen LogP contribution is 2.25. The molecule has 0 radical (unpaired) electrons. The predicted octanol–water partition coefficient (Wildman–Crippen LogP) is 1.58. The van der Waals surface area contributed by atoms with E-state index in [1.165, 1.54) is 35.5 Å². The third kappa shape index (κ3) is 3.85. The number of amides is 1. The average molecular weight is 415 g/mol. The first-order chi connectivity index (χ1) is 14.0. The molecule has 0 unspecified atom stereocenters. The van der Waals surface area contributed by atoms with Gasteiger partial charge in [-0.15, -0.1) is 0 Å². The molecule has 11 nitrogen and oxygen atoms in total. The molecule has 0 atom stereocenters. The molecular formula is C17H15ClN8O3. The second-order valence-corrected chi connectivity index (χ2v) is 6.71. The molecule has 29 heavy (non-hydrogen) atoms. The van der Waals surface area contributed by atoms with Gasteiger partial charge in [-0.3, -0.25) is 14.9 Å². The summed E-state index contributed by atoms with van der Waals surface area (Å²) >= 11 is 5.94. The number of anilines is 1. The summed E-state index contributed by atoms with van der Waals surface area (Å²) in [7, 11) is 0. The predicted molar refractivity (Wildman–Crippen MR) is 103 cm³/mol. The van der Waals surface area contributed by atoms with Crippen molar-refractivity contribution < 1.29 is 9.72 Å². The van der Waals surface area contributed by atoms with Crippen LogP contribution in [-0.4, -0.2) is 66.6 Å². The smallest absolute Gasteiger partial charge is 0.282 e. The maximum absolute atomic E-state index is 12.8. The van der Waals surface area contributed by atoms with Crippen LogP contribution >= 0.6 is 11.6 Å². The van der Waals surface area contributed by atoms with Crippen molar-refractivity contribution in [2.45, 2.75) is 0 Å². The standard InChI is InChI=1S/C17H15ClN8O3/c18-12-1-2-14(26(28)29)13(7-12)17(27)24-5-3-23(4-6-24)15-8-16(21-10-20-15)25-11-19-9-22-25/h1-2,7-11H,3-6H2. The molecule has 12 heteroatoms. The van der Waals surface area contributed by atoms with Crippen molar-refractivity contribution in [2.75, 3.05) is 31.1 Å². The van der Waals surface area contributed by atoms with Crippen molar-refractivity contribution in [1.29, 1.82) is 0 Å². The van der Waals surface area contributed by atoms with E-state index in [0.717, 1.165) is 0 Å². The Kier molecular flexibility index (Phi) is 5.04. The normalized spacial score (nSPS) is 14.1. The number of hydrogen-bond acceptors (Lipinski definition) is 8. The van der Waals surface area contributed by atoms with Gasteiger partial charge in [0.1, 0.15) is 30.4 Å². The van der Waals surface area contributed by atoms with Gasteiger partial charge in [0.15, 0.2) is 5.82 Å². The zero-order valence-electron chi connectivity index (χ0n) is 15.1. The van der Waals surface area contributed by atoms with Crippen LogP contribution < -0.4 is 4.90 Å². The number of aromatic nitrogens is 5. The molecule has 0 spiro atoms. The maximum atomic E-state index is 12.8. The van der Waals surface area contributed by atoms with Gasteiger partial charge < -0.3 is 9.80 Å². The number of nitro groups is 1. The number of carbonyl (C=O) groups is 1. The minimum Gasteiger partial charge on any atom is -0.353 e. The molecule has 1 amide bonds. The van der Waals surface area contributed by atoms with Crippen molar-refractivity contribution in [3.05, 3.63) is 63.9 Å². The Morgan fingerprint density at radius 2 is 1.83 bits per heavy atom. The van der Waals surface area contributed by atoms with E-state index in [9.17, 15) is 14.9 Å². The average Bonchev–Trinajstić information content (AvgIpc) is 3.28. The molecule has 1 fully saturated rings. The number of carbonyl (C=O) groups excluding carboxylic acids is 1. The first-order valence-electron chi connectivity index (χ1n) is 8.68. The van der Waals surface area contributed by atoms with E-state index in [1.807, 2.05) is 4.90 Å². The third-order valence-electron chi connectivity index (χ3n) is 4.57. The molecule has 0 N–H and O–H groups in total. The lowest BCUT2D eigenvalue weighted by Crippen LogP contribution is -2.49. The van der Waals surface area contributed by atoms with Crippen LogP contribution in [-0.2, 0) is 0 Å². The SMILES string of the molecule is O=C(c1cc(Cl)ccc1[N+](=O)[O-])N1CCN(c2cc(-n3cncn3)ncn2)CC1. The molecule has 1 aliphatic heterocycles. The van der Waals surface area contributed by atoms with E-state index >= 15 is 0 Å². The van der Waals surface area contributed by atoms with Crippen LogP contribution in [0.4, 0.5) is 11.5 Å². The molecule has 3 heterocycles. The van der Waals surface area contributed by atoms with Gasteiger partial charge in [0.25, 0.3) is 11.6 Å². The van der Waals surface area contributed by atoms with E-state index in [0.29, 0.717) is 37.8 Å². The molecule has 0 saturated carbocycles. The number of halogens is 1. The summed E-state index contributed by atoms with van der Waals surface area (Å²) in [6.45, 7) is 1.83. The van der Waals surface area contributed by atoms with E-state index < -0.39 is 10.8 Å². The molecule has 3 aromatic rings. The van der Waals surface area contributed by atoms with Crippen molar-refractivity contribution in [3.8, 4) is 5.82 Å². The minimum atomic E-state index is -0.577. The lowest BCUT2D eigenvalue weighted by Gasteiger charge is -2.35. The molecule has 0 bridgehead atoms. The number of rotatable bonds is 4. The van der Waals surface area contributed by atoms with E-state index in [1.54, 1.807) is 17.3 Å². The van der Waals surface area contributed by atoms with Crippen molar-refractivity contribution in [2.24, 2.45) is 0 Å². The number of nitro benzene ring substituents is 1. The number of nitrogens with zero attached hydrogens (tertiary/aromatic N) is 8. The highest BCUT2D eigenvalue weighted by atomic mass is 35.5. The number of benzene rings is 1. The summed E-state index contributed by atoms with van der Waals surface area (Å²) in [5.41, 5.74) is -0.262. The van der Waals surface area contributed by atoms with Gasteiger partial charge >= 0.3 is 0 Å². The molecule has 0 aliphatic carbocycles.